The monoisotopic (exact) mass is 537 g/mol. The number of benzene rings is 2. The fourth-order valence-corrected chi connectivity index (χ4v) is 5.36. The number of carbonyl (C=O) groups is 2. The van der Waals surface area contributed by atoms with E-state index >= 15 is 0 Å². The minimum atomic E-state index is -0.674. The number of amides is 2. The molecule has 8 heteroatoms. The van der Waals surface area contributed by atoms with E-state index in [-0.39, 0.29) is 17.9 Å². The van der Waals surface area contributed by atoms with Crippen LogP contribution in [0.15, 0.2) is 54.6 Å². The molecule has 2 aromatic carbocycles. The number of para-hydroxylation sites is 1. The fraction of sp³-hybridized carbons (Fsp3) is 0.467. The van der Waals surface area contributed by atoms with Gasteiger partial charge in [0.25, 0.3) is 0 Å². The maximum Gasteiger partial charge on any atom is 0.245 e. The second-order valence-corrected chi connectivity index (χ2v) is 11.4. The van der Waals surface area contributed by atoms with Crippen molar-refractivity contribution in [2.45, 2.75) is 58.2 Å². The van der Waals surface area contributed by atoms with E-state index < -0.39 is 12.1 Å². The number of halogens is 1. The van der Waals surface area contributed by atoms with E-state index in [0.717, 1.165) is 30.6 Å². The second kappa shape index (κ2) is 12.8. The molecule has 1 aliphatic rings. The van der Waals surface area contributed by atoms with Gasteiger partial charge in [-0.25, -0.2) is 0 Å². The molecule has 7 nitrogen and oxygen atoms in total. The number of fused-ring (bicyclic) bond motifs is 1. The topological polar surface area (TPSA) is 94.5 Å². The van der Waals surface area contributed by atoms with Crippen LogP contribution in [0, 0.1) is 5.92 Å². The summed E-state index contributed by atoms with van der Waals surface area (Å²) in [6, 6.07) is 16.8. The molecule has 0 spiro atoms. The predicted molar refractivity (Wildman–Crippen MR) is 154 cm³/mol. The van der Waals surface area contributed by atoms with Crippen molar-refractivity contribution in [3.63, 3.8) is 0 Å². The van der Waals surface area contributed by atoms with E-state index in [0.29, 0.717) is 36.9 Å². The lowest BCUT2D eigenvalue weighted by atomic mass is 10.0. The molecule has 3 aromatic rings. The zero-order valence-corrected chi connectivity index (χ0v) is 23.4. The third kappa shape index (κ3) is 7.37. The number of piperazine rings is 1. The number of aromatic nitrogens is 1. The Bertz CT molecular complexity index is 1190. The quantitative estimate of drug-likeness (QED) is 0.364. The molecule has 0 radical (unpaired) electrons. The lowest BCUT2D eigenvalue weighted by molar-refractivity contribution is -0.139. The average Bonchev–Trinajstić information content (AvgIpc) is 3.31. The minimum Gasteiger partial charge on any atom is -0.358 e. The van der Waals surface area contributed by atoms with E-state index in [1.54, 1.807) is 12.1 Å². The molecule has 1 aliphatic heterocycles. The molecule has 38 heavy (non-hydrogen) atoms. The first-order chi connectivity index (χ1) is 18.2. The number of rotatable bonds is 10. The van der Waals surface area contributed by atoms with E-state index in [1.165, 1.54) is 11.1 Å². The number of aromatic amines is 1. The zero-order chi connectivity index (χ0) is 27.2. The van der Waals surface area contributed by atoms with Gasteiger partial charge in [0.2, 0.25) is 11.8 Å². The summed E-state index contributed by atoms with van der Waals surface area (Å²) in [7, 11) is 0. The Morgan fingerprint density at radius 2 is 1.87 bits per heavy atom. The van der Waals surface area contributed by atoms with Crippen LogP contribution in [-0.4, -0.2) is 70.9 Å². The number of nitrogens with zero attached hydrogens (tertiary/aromatic N) is 2. The maximum atomic E-state index is 13.7. The van der Waals surface area contributed by atoms with Gasteiger partial charge in [-0.3, -0.25) is 14.5 Å². The Morgan fingerprint density at radius 3 is 2.55 bits per heavy atom. The van der Waals surface area contributed by atoms with Crippen molar-refractivity contribution in [3.8, 4) is 0 Å². The SMILES string of the molecule is CC(C)CC(N)C(=O)NC(Cc1ccc(Cl)cc1)C(=O)N1CCN(CCc2cc3ccccc3[nH]2)[C@@H](C)C1. The van der Waals surface area contributed by atoms with Gasteiger partial charge < -0.3 is 20.9 Å². The summed E-state index contributed by atoms with van der Waals surface area (Å²) in [5.41, 5.74) is 9.46. The van der Waals surface area contributed by atoms with Gasteiger partial charge in [-0.15, -0.1) is 0 Å². The highest BCUT2D eigenvalue weighted by Gasteiger charge is 2.32. The molecule has 2 heterocycles. The van der Waals surface area contributed by atoms with Gasteiger partial charge >= 0.3 is 0 Å². The number of nitrogens with two attached hydrogens (primary N) is 1. The summed E-state index contributed by atoms with van der Waals surface area (Å²) < 4.78 is 0. The molecule has 2 amide bonds. The molecular formula is C30H40ClN5O2. The third-order valence-corrected chi connectivity index (χ3v) is 7.61. The van der Waals surface area contributed by atoms with Crippen molar-refractivity contribution in [2.24, 2.45) is 11.7 Å². The molecule has 0 aliphatic carbocycles. The van der Waals surface area contributed by atoms with E-state index in [1.807, 2.05) is 36.9 Å². The van der Waals surface area contributed by atoms with Crippen LogP contribution >= 0.6 is 11.6 Å². The number of hydrogen-bond donors (Lipinski definition) is 3. The summed E-state index contributed by atoms with van der Waals surface area (Å²) in [4.78, 5) is 34.4. The van der Waals surface area contributed by atoms with Gasteiger partial charge in [0.1, 0.15) is 6.04 Å². The van der Waals surface area contributed by atoms with Gasteiger partial charge in [0.05, 0.1) is 6.04 Å². The van der Waals surface area contributed by atoms with Gasteiger partial charge in [-0.1, -0.05) is 55.8 Å². The average molecular weight is 538 g/mol. The minimum absolute atomic E-state index is 0.0628. The third-order valence-electron chi connectivity index (χ3n) is 7.36. The van der Waals surface area contributed by atoms with Crippen LogP contribution in [0.2, 0.25) is 5.02 Å². The summed E-state index contributed by atoms with van der Waals surface area (Å²) in [5.74, 6) is -0.0531. The van der Waals surface area contributed by atoms with Crippen LogP contribution in [0.3, 0.4) is 0 Å². The molecule has 1 aromatic heterocycles. The Morgan fingerprint density at radius 1 is 1.13 bits per heavy atom. The summed E-state index contributed by atoms with van der Waals surface area (Å²) in [5, 5.41) is 4.83. The number of carbonyl (C=O) groups excluding carboxylic acids is 2. The van der Waals surface area contributed by atoms with Gasteiger partial charge in [0.15, 0.2) is 0 Å². The lowest BCUT2D eigenvalue weighted by Crippen LogP contribution is -2.59. The Kier molecular flexibility index (Phi) is 9.47. The number of H-pyrrole nitrogens is 1. The van der Waals surface area contributed by atoms with Crippen LogP contribution in [0.1, 0.15) is 38.4 Å². The predicted octanol–water partition coefficient (Wildman–Crippen LogP) is 4.00. The molecular weight excluding hydrogens is 498 g/mol. The highest BCUT2D eigenvalue weighted by Crippen LogP contribution is 2.18. The van der Waals surface area contributed by atoms with Crippen LogP contribution in [0.25, 0.3) is 10.9 Å². The zero-order valence-electron chi connectivity index (χ0n) is 22.6. The maximum absolute atomic E-state index is 13.7. The van der Waals surface area contributed by atoms with Gasteiger partial charge in [-0.2, -0.15) is 0 Å². The molecule has 0 saturated carbocycles. The smallest absolute Gasteiger partial charge is 0.245 e. The van der Waals surface area contributed by atoms with Crippen molar-refractivity contribution >= 4 is 34.3 Å². The van der Waals surface area contributed by atoms with E-state index in [9.17, 15) is 9.59 Å². The first-order valence-corrected chi connectivity index (χ1v) is 14.0. The molecule has 4 rings (SSSR count). The van der Waals surface area contributed by atoms with E-state index in [4.69, 9.17) is 17.3 Å². The van der Waals surface area contributed by atoms with Crippen LogP contribution in [-0.2, 0) is 22.4 Å². The van der Waals surface area contributed by atoms with Crippen molar-refractivity contribution in [3.05, 3.63) is 70.9 Å². The largest absolute Gasteiger partial charge is 0.358 e. The van der Waals surface area contributed by atoms with Crippen molar-refractivity contribution in [1.82, 2.24) is 20.1 Å². The molecule has 204 valence electrons. The summed E-state index contributed by atoms with van der Waals surface area (Å²) in [6.07, 6.45) is 1.89. The van der Waals surface area contributed by atoms with Crippen LogP contribution < -0.4 is 11.1 Å². The van der Waals surface area contributed by atoms with Crippen LogP contribution in [0.5, 0.6) is 0 Å². The Balaban J connectivity index is 1.38. The van der Waals surface area contributed by atoms with Crippen molar-refractivity contribution in [1.29, 1.82) is 0 Å². The number of hydrogen-bond acceptors (Lipinski definition) is 4. The Labute approximate surface area is 230 Å². The van der Waals surface area contributed by atoms with Gasteiger partial charge in [0, 0.05) is 61.3 Å². The first-order valence-electron chi connectivity index (χ1n) is 13.6. The summed E-state index contributed by atoms with van der Waals surface area (Å²) >= 11 is 6.05. The highest BCUT2D eigenvalue weighted by molar-refractivity contribution is 6.30. The van der Waals surface area contributed by atoms with Crippen molar-refractivity contribution < 1.29 is 9.59 Å². The van der Waals surface area contributed by atoms with E-state index in [2.05, 4.69) is 46.4 Å². The molecule has 0 bridgehead atoms. The summed E-state index contributed by atoms with van der Waals surface area (Å²) in [6.45, 7) is 9.19. The molecule has 2 unspecified atom stereocenters. The van der Waals surface area contributed by atoms with Crippen molar-refractivity contribution in [2.75, 3.05) is 26.2 Å². The molecule has 1 saturated heterocycles. The second-order valence-electron chi connectivity index (χ2n) is 10.9. The fourth-order valence-electron chi connectivity index (χ4n) is 5.23. The number of nitrogens with one attached hydrogen (secondary N) is 2. The first kappa shape index (κ1) is 28.1. The highest BCUT2D eigenvalue weighted by atomic mass is 35.5. The standard InChI is InChI=1S/C30H40ClN5O2/c1-20(2)16-26(32)29(37)34-28(17-22-8-10-24(31)11-9-22)30(38)36-15-14-35(21(3)19-36)13-12-25-18-23-6-4-5-7-27(23)33-25/h4-11,18,20-21,26,28,33H,12-17,19,32H2,1-3H3,(H,34,37)/t21-,26?,28?/m0/s1. The molecule has 3 atom stereocenters. The van der Waals surface area contributed by atoms with Gasteiger partial charge in [-0.05, 0) is 54.5 Å². The Hall–Kier alpha value is -2.87. The molecule has 1 fully saturated rings. The molecule has 4 N–H and O–H groups in total. The normalized spacial score (nSPS) is 18.1. The lowest BCUT2D eigenvalue weighted by Gasteiger charge is -2.41. The van der Waals surface area contributed by atoms with Crippen LogP contribution in [0.4, 0.5) is 0 Å².